The van der Waals surface area contributed by atoms with Crippen LogP contribution in [0.4, 0.5) is 5.69 Å². The van der Waals surface area contributed by atoms with Crippen molar-refractivity contribution in [1.82, 2.24) is 10.2 Å². The van der Waals surface area contributed by atoms with Gasteiger partial charge in [-0.3, -0.25) is 4.79 Å². The van der Waals surface area contributed by atoms with Gasteiger partial charge < -0.3 is 19.9 Å². The van der Waals surface area contributed by atoms with Crippen LogP contribution in [-0.4, -0.2) is 50.8 Å². The van der Waals surface area contributed by atoms with Gasteiger partial charge in [-0.15, -0.1) is 0 Å². The lowest BCUT2D eigenvalue weighted by Crippen LogP contribution is -2.37. The Bertz CT molecular complexity index is 489. The number of hydrogen-bond donors (Lipinski definition) is 1. The number of nitrogens with zero attached hydrogens (tertiary/aromatic N) is 2. The first-order valence-electron chi connectivity index (χ1n) is 7.26. The molecular formula is C16H25N3O2S. The van der Waals surface area contributed by atoms with Crippen LogP contribution in [0.25, 0.3) is 0 Å². The molecule has 22 heavy (non-hydrogen) atoms. The average Bonchev–Trinajstić information content (AvgIpc) is 2.51. The first kappa shape index (κ1) is 18.2. The quantitative estimate of drug-likeness (QED) is 0.470. The maximum Gasteiger partial charge on any atom is 0.305 e. The number of thiocarbonyl (C=S) groups is 1. The van der Waals surface area contributed by atoms with Crippen LogP contribution in [0.1, 0.15) is 18.4 Å². The van der Waals surface area contributed by atoms with Gasteiger partial charge in [-0.05, 0) is 36.3 Å². The second-order valence-corrected chi connectivity index (χ2v) is 5.72. The number of nitrogens with one attached hydrogen (secondary N) is 1. The lowest BCUT2D eigenvalue weighted by molar-refractivity contribution is -0.140. The summed E-state index contributed by atoms with van der Waals surface area (Å²) in [5.74, 6) is -0.193. The van der Waals surface area contributed by atoms with Gasteiger partial charge in [-0.2, -0.15) is 0 Å². The van der Waals surface area contributed by atoms with Gasteiger partial charge in [0.1, 0.15) is 0 Å². The van der Waals surface area contributed by atoms with Crippen molar-refractivity contribution in [3.63, 3.8) is 0 Å². The molecule has 0 heterocycles. The third-order valence-corrected chi connectivity index (χ3v) is 3.74. The van der Waals surface area contributed by atoms with Crippen molar-refractivity contribution in [2.45, 2.75) is 19.4 Å². The van der Waals surface area contributed by atoms with Gasteiger partial charge in [-0.25, -0.2) is 0 Å². The Morgan fingerprint density at radius 1 is 1.23 bits per heavy atom. The Balaban J connectivity index is 2.35. The lowest BCUT2D eigenvalue weighted by atomic mass is 10.2. The molecule has 0 aliphatic heterocycles. The van der Waals surface area contributed by atoms with Gasteiger partial charge in [0.25, 0.3) is 0 Å². The molecule has 0 aliphatic carbocycles. The maximum atomic E-state index is 11.0. The molecule has 1 rings (SSSR count). The smallest absolute Gasteiger partial charge is 0.305 e. The number of hydrogen-bond acceptors (Lipinski definition) is 4. The molecule has 0 saturated carbocycles. The number of methoxy groups -OCH3 is 1. The minimum Gasteiger partial charge on any atom is -0.469 e. The molecular weight excluding hydrogens is 298 g/mol. The van der Waals surface area contributed by atoms with Crippen LogP contribution in [0.5, 0.6) is 0 Å². The molecule has 0 aromatic heterocycles. The number of rotatable bonds is 7. The summed E-state index contributed by atoms with van der Waals surface area (Å²) in [6, 6.07) is 8.39. The molecule has 0 aliphatic rings. The Kier molecular flexibility index (Phi) is 7.66. The van der Waals surface area contributed by atoms with Gasteiger partial charge in [0.2, 0.25) is 0 Å². The van der Waals surface area contributed by atoms with Crippen molar-refractivity contribution < 1.29 is 9.53 Å². The van der Waals surface area contributed by atoms with Crippen molar-refractivity contribution in [2.24, 2.45) is 0 Å². The van der Waals surface area contributed by atoms with Gasteiger partial charge in [0.05, 0.1) is 7.11 Å². The van der Waals surface area contributed by atoms with Crippen molar-refractivity contribution in [3.05, 3.63) is 29.8 Å². The Labute approximate surface area is 138 Å². The fraction of sp³-hybridized carbons (Fsp3) is 0.500. The molecule has 122 valence electrons. The molecule has 0 spiro atoms. The molecule has 6 heteroatoms. The highest BCUT2D eigenvalue weighted by atomic mass is 32.1. The van der Waals surface area contributed by atoms with Crippen LogP contribution in [0, 0.1) is 0 Å². The predicted molar refractivity (Wildman–Crippen MR) is 94.1 cm³/mol. The second-order valence-electron chi connectivity index (χ2n) is 5.33. The molecule has 1 aromatic carbocycles. The van der Waals surface area contributed by atoms with Crippen LogP contribution >= 0.6 is 12.2 Å². The van der Waals surface area contributed by atoms with Crippen molar-refractivity contribution >= 4 is 29.0 Å². The van der Waals surface area contributed by atoms with Crippen LogP contribution in [0.15, 0.2) is 24.3 Å². The highest BCUT2D eigenvalue weighted by Crippen LogP contribution is 2.13. The Morgan fingerprint density at radius 2 is 1.86 bits per heavy atom. The summed E-state index contributed by atoms with van der Waals surface area (Å²) in [6.45, 7) is 1.41. The standard InChI is InChI=1S/C16H25N3O2S/c1-18(2)14-9-7-13(8-10-14)12-19(3)16(22)17-11-5-6-15(20)21-4/h7-10H,5-6,11-12H2,1-4H3,(H,17,22). The zero-order chi connectivity index (χ0) is 16.5. The third-order valence-electron chi connectivity index (χ3n) is 3.28. The van der Waals surface area contributed by atoms with E-state index in [0.29, 0.717) is 24.5 Å². The SMILES string of the molecule is COC(=O)CCCNC(=S)N(C)Cc1ccc(N(C)C)cc1. The number of esters is 1. The minimum atomic E-state index is -0.193. The molecule has 0 fully saturated rings. The van der Waals surface area contributed by atoms with E-state index < -0.39 is 0 Å². The number of anilines is 1. The molecule has 0 saturated heterocycles. The van der Waals surface area contributed by atoms with Crippen LogP contribution in [-0.2, 0) is 16.1 Å². The van der Waals surface area contributed by atoms with Crippen LogP contribution < -0.4 is 10.2 Å². The van der Waals surface area contributed by atoms with Crippen LogP contribution in [0.2, 0.25) is 0 Å². The molecule has 5 nitrogen and oxygen atoms in total. The molecule has 1 aromatic rings. The van der Waals surface area contributed by atoms with E-state index in [2.05, 4.69) is 39.2 Å². The monoisotopic (exact) mass is 323 g/mol. The third kappa shape index (κ3) is 6.30. The molecule has 1 N–H and O–H groups in total. The predicted octanol–water partition coefficient (Wildman–Crippen LogP) is 2.01. The van der Waals surface area contributed by atoms with Gasteiger partial charge in [0.15, 0.2) is 5.11 Å². The van der Waals surface area contributed by atoms with E-state index in [4.69, 9.17) is 12.2 Å². The van der Waals surface area contributed by atoms with Gasteiger partial charge in [-0.1, -0.05) is 12.1 Å². The Morgan fingerprint density at radius 3 is 2.41 bits per heavy atom. The summed E-state index contributed by atoms with van der Waals surface area (Å²) in [7, 11) is 7.40. The topological polar surface area (TPSA) is 44.8 Å². The summed E-state index contributed by atoms with van der Waals surface area (Å²) in [5.41, 5.74) is 2.38. The largest absolute Gasteiger partial charge is 0.469 e. The number of ether oxygens (including phenoxy) is 1. The zero-order valence-corrected chi connectivity index (χ0v) is 14.6. The first-order chi connectivity index (χ1) is 10.4. The fourth-order valence-corrected chi connectivity index (χ4v) is 2.08. The summed E-state index contributed by atoms with van der Waals surface area (Å²) in [6.07, 6.45) is 1.11. The molecule has 0 amide bonds. The van der Waals surface area contributed by atoms with E-state index in [1.807, 2.05) is 26.0 Å². The minimum absolute atomic E-state index is 0.193. The van der Waals surface area contributed by atoms with E-state index in [1.54, 1.807) is 0 Å². The molecule has 0 atom stereocenters. The summed E-state index contributed by atoms with van der Waals surface area (Å²) >= 11 is 5.34. The normalized spacial score (nSPS) is 10.0. The molecule has 0 unspecified atom stereocenters. The van der Waals surface area contributed by atoms with E-state index in [0.717, 1.165) is 6.54 Å². The Hall–Kier alpha value is -1.82. The van der Waals surface area contributed by atoms with Gasteiger partial charge in [0, 0.05) is 46.3 Å². The summed E-state index contributed by atoms with van der Waals surface area (Å²) < 4.78 is 4.60. The van der Waals surface area contributed by atoms with Crippen molar-refractivity contribution in [3.8, 4) is 0 Å². The van der Waals surface area contributed by atoms with Gasteiger partial charge >= 0.3 is 5.97 Å². The first-order valence-corrected chi connectivity index (χ1v) is 7.67. The number of carbonyl (C=O) groups is 1. The second kappa shape index (κ2) is 9.25. The summed E-state index contributed by atoms with van der Waals surface area (Å²) in [4.78, 5) is 15.1. The fourth-order valence-electron chi connectivity index (χ4n) is 1.91. The lowest BCUT2D eigenvalue weighted by Gasteiger charge is -2.21. The summed E-state index contributed by atoms with van der Waals surface area (Å²) in [5, 5.41) is 3.84. The maximum absolute atomic E-state index is 11.0. The van der Waals surface area contributed by atoms with Crippen molar-refractivity contribution in [1.29, 1.82) is 0 Å². The van der Waals surface area contributed by atoms with Crippen molar-refractivity contribution in [2.75, 3.05) is 39.7 Å². The molecule has 0 radical (unpaired) electrons. The highest BCUT2D eigenvalue weighted by molar-refractivity contribution is 7.80. The highest BCUT2D eigenvalue weighted by Gasteiger charge is 2.06. The van der Waals surface area contributed by atoms with E-state index >= 15 is 0 Å². The van der Waals surface area contributed by atoms with E-state index in [-0.39, 0.29) is 5.97 Å². The van der Waals surface area contributed by atoms with E-state index in [1.165, 1.54) is 18.4 Å². The van der Waals surface area contributed by atoms with E-state index in [9.17, 15) is 4.79 Å². The van der Waals surface area contributed by atoms with Crippen LogP contribution in [0.3, 0.4) is 0 Å². The number of carbonyl (C=O) groups excluding carboxylic acids is 1. The zero-order valence-electron chi connectivity index (χ0n) is 13.8. The molecule has 0 bridgehead atoms. The number of benzene rings is 1. The average molecular weight is 323 g/mol.